The molecule has 1 aromatic carbocycles. The van der Waals surface area contributed by atoms with Crippen molar-refractivity contribution in [1.29, 1.82) is 0 Å². The number of nitrogens with zero attached hydrogens (tertiary/aromatic N) is 2. The fourth-order valence-corrected chi connectivity index (χ4v) is 2.65. The SMILES string of the molecule is O=C1c2cccc(C3=NCCN3)c2-n2cccc21. The molecule has 0 radical (unpaired) electrons. The second-order valence-corrected chi connectivity index (χ2v) is 4.45. The van der Waals surface area contributed by atoms with Gasteiger partial charge in [-0.15, -0.1) is 0 Å². The Hall–Kier alpha value is -2.36. The van der Waals surface area contributed by atoms with E-state index in [1.807, 2.05) is 41.1 Å². The number of aromatic nitrogens is 1. The highest BCUT2D eigenvalue weighted by Gasteiger charge is 2.29. The maximum absolute atomic E-state index is 12.2. The summed E-state index contributed by atoms with van der Waals surface area (Å²) in [5.41, 5.74) is 3.46. The largest absolute Gasteiger partial charge is 0.368 e. The molecule has 0 bridgehead atoms. The summed E-state index contributed by atoms with van der Waals surface area (Å²) in [5.74, 6) is 0.983. The highest BCUT2D eigenvalue weighted by atomic mass is 16.1. The number of benzene rings is 1. The van der Waals surface area contributed by atoms with Crippen LogP contribution in [0.15, 0.2) is 41.5 Å². The Morgan fingerprint density at radius 3 is 2.89 bits per heavy atom. The molecule has 88 valence electrons. The van der Waals surface area contributed by atoms with Crippen LogP contribution in [-0.2, 0) is 0 Å². The van der Waals surface area contributed by atoms with Gasteiger partial charge in [-0.25, -0.2) is 0 Å². The fourth-order valence-electron chi connectivity index (χ4n) is 2.65. The molecule has 0 spiro atoms. The van der Waals surface area contributed by atoms with Crippen LogP contribution in [0.5, 0.6) is 0 Å². The lowest BCUT2D eigenvalue weighted by molar-refractivity contribution is 0.104. The van der Waals surface area contributed by atoms with Crippen LogP contribution < -0.4 is 5.32 Å². The molecule has 0 saturated heterocycles. The van der Waals surface area contributed by atoms with Crippen LogP contribution in [0.2, 0.25) is 0 Å². The molecule has 0 unspecified atom stereocenters. The van der Waals surface area contributed by atoms with Crippen molar-refractivity contribution in [1.82, 2.24) is 9.88 Å². The summed E-state index contributed by atoms with van der Waals surface area (Å²) in [5, 5.41) is 3.27. The van der Waals surface area contributed by atoms with E-state index in [2.05, 4.69) is 10.3 Å². The Labute approximate surface area is 104 Å². The molecule has 1 N–H and O–H groups in total. The molecule has 4 rings (SSSR count). The number of amidine groups is 1. The summed E-state index contributed by atoms with van der Waals surface area (Å²) < 4.78 is 1.95. The zero-order chi connectivity index (χ0) is 12.1. The van der Waals surface area contributed by atoms with E-state index in [4.69, 9.17) is 0 Å². The number of ketones is 1. The van der Waals surface area contributed by atoms with Crippen LogP contribution in [0.1, 0.15) is 21.6 Å². The maximum Gasteiger partial charge on any atom is 0.211 e. The number of hydrogen-bond donors (Lipinski definition) is 1. The summed E-state index contributed by atoms with van der Waals surface area (Å²) in [6.45, 7) is 1.66. The maximum atomic E-state index is 12.2. The van der Waals surface area contributed by atoms with Gasteiger partial charge in [-0.3, -0.25) is 9.79 Å². The molecule has 18 heavy (non-hydrogen) atoms. The lowest BCUT2D eigenvalue weighted by Gasteiger charge is -2.09. The average Bonchev–Trinajstić information content (AvgIpc) is 3.10. The van der Waals surface area contributed by atoms with Crippen molar-refractivity contribution in [2.24, 2.45) is 4.99 Å². The highest BCUT2D eigenvalue weighted by molar-refractivity contribution is 6.17. The number of aliphatic imine (C=N–C) groups is 1. The van der Waals surface area contributed by atoms with E-state index in [9.17, 15) is 4.79 Å². The standard InChI is InChI=1S/C14H11N3O/c18-13-9-3-1-4-10(14-15-6-7-16-14)12(9)17-8-2-5-11(13)17/h1-5,8H,6-7H2,(H,15,16). The Morgan fingerprint density at radius 1 is 1.17 bits per heavy atom. The van der Waals surface area contributed by atoms with Gasteiger partial charge in [0.2, 0.25) is 5.78 Å². The average molecular weight is 237 g/mol. The molecule has 1 aromatic heterocycles. The smallest absolute Gasteiger partial charge is 0.211 e. The van der Waals surface area contributed by atoms with Crippen molar-refractivity contribution >= 4 is 11.6 Å². The van der Waals surface area contributed by atoms with Crippen molar-refractivity contribution in [2.75, 3.05) is 13.1 Å². The number of carbonyl (C=O) groups is 1. The normalized spacial score (nSPS) is 16.2. The van der Waals surface area contributed by atoms with E-state index >= 15 is 0 Å². The first kappa shape index (κ1) is 9.65. The molecule has 3 heterocycles. The van der Waals surface area contributed by atoms with Gasteiger partial charge in [0.15, 0.2) is 0 Å². The third-order valence-corrected chi connectivity index (χ3v) is 3.43. The minimum Gasteiger partial charge on any atom is -0.368 e. The first-order valence-electron chi connectivity index (χ1n) is 6.00. The number of hydrogen-bond acceptors (Lipinski definition) is 3. The van der Waals surface area contributed by atoms with Crippen LogP contribution in [-0.4, -0.2) is 29.3 Å². The second-order valence-electron chi connectivity index (χ2n) is 4.45. The number of nitrogens with one attached hydrogen (secondary N) is 1. The van der Waals surface area contributed by atoms with E-state index in [-0.39, 0.29) is 5.78 Å². The third-order valence-electron chi connectivity index (χ3n) is 3.43. The molecule has 4 nitrogen and oxygen atoms in total. The summed E-state index contributed by atoms with van der Waals surface area (Å²) in [6, 6.07) is 9.57. The van der Waals surface area contributed by atoms with Crippen molar-refractivity contribution in [2.45, 2.75) is 0 Å². The first-order chi connectivity index (χ1) is 8.86. The molecule has 2 aliphatic rings. The molecule has 0 fully saturated rings. The van der Waals surface area contributed by atoms with E-state index in [1.165, 1.54) is 0 Å². The number of para-hydroxylation sites is 1. The molecule has 0 saturated carbocycles. The van der Waals surface area contributed by atoms with Crippen LogP contribution in [0.3, 0.4) is 0 Å². The molecule has 0 amide bonds. The van der Waals surface area contributed by atoms with Crippen LogP contribution in [0.25, 0.3) is 5.69 Å². The van der Waals surface area contributed by atoms with E-state index in [0.717, 1.165) is 41.4 Å². The van der Waals surface area contributed by atoms with E-state index in [1.54, 1.807) is 0 Å². The molecular formula is C14H11N3O. The second kappa shape index (κ2) is 3.32. The Bertz CT molecular complexity index is 697. The van der Waals surface area contributed by atoms with Gasteiger partial charge in [-0.05, 0) is 24.3 Å². The van der Waals surface area contributed by atoms with Crippen LogP contribution in [0.4, 0.5) is 0 Å². The molecule has 2 aliphatic heterocycles. The predicted octanol–water partition coefficient (Wildman–Crippen LogP) is 1.37. The van der Waals surface area contributed by atoms with Gasteiger partial charge >= 0.3 is 0 Å². The lowest BCUT2D eigenvalue weighted by Crippen LogP contribution is -2.21. The number of fused-ring (bicyclic) bond motifs is 3. The monoisotopic (exact) mass is 237 g/mol. The highest BCUT2D eigenvalue weighted by Crippen LogP contribution is 2.31. The fraction of sp³-hybridized carbons (Fsp3) is 0.143. The molecule has 0 atom stereocenters. The van der Waals surface area contributed by atoms with Gasteiger partial charge in [0.25, 0.3) is 0 Å². The Kier molecular flexibility index (Phi) is 1.78. The summed E-state index contributed by atoms with van der Waals surface area (Å²) in [6.07, 6.45) is 1.93. The quantitative estimate of drug-likeness (QED) is 0.695. The minimum absolute atomic E-state index is 0.0930. The third kappa shape index (κ3) is 1.09. The zero-order valence-corrected chi connectivity index (χ0v) is 9.68. The van der Waals surface area contributed by atoms with Crippen molar-refractivity contribution in [3.63, 3.8) is 0 Å². The first-order valence-corrected chi connectivity index (χ1v) is 6.00. The number of carbonyl (C=O) groups excluding carboxylic acids is 1. The van der Waals surface area contributed by atoms with Crippen molar-refractivity contribution in [3.8, 4) is 5.69 Å². The molecule has 4 heteroatoms. The summed E-state index contributed by atoms with van der Waals surface area (Å²) in [4.78, 5) is 16.7. The summed E-state index contributed by atoms with van der Waals surface area (Å²) in [7, 11) is 0. The van der Waals surface area contributed by atoms with Gasteiger partial charge in [0.05, 0.1) is 17.9 Å². The van der Waals surface area contributed by atoms with E-state index < -0.39 is 0 Å². The van der Waals surface area contributed by atoms with Crippen LogP contribution in [0, 0.1) is 0 Å². The van der Waals surface area contributed by atoms with Gasteiger partial charge in [0, 0.05) is 23.9 Å². The van der Waals surface area contributed by atoms with Gasteiger partial charge in [-0.2, -0.15) is 0 Å². The zero-order valence-electron chi connectivity index (χ0n) is 9.68. The number of rotatable bonds is 1. The predicted molar refractivity (Wildman–Crippen MR) is 68.6 cm³/mol. The Balaban J connectivity index is 2.03. The summed E-state index contributed by atoms with van der Waals surface area (Å²) >= 11 is 0. The van der Waals surface area contributed by atoms with Gasteiger partial charge in [-0.1, -0.05) is 6.07 Å². The minimum atomic E-state index is 0.0930. The van der Waals surface area contributed by atoms with Gasteiger partial charge < -0.3 is 9.88 Å². The van der Waals surface area contributed by atoms with Crippen molar-refractivity contribution in [3.05, 3.63) is 53.3 Å². The Morgan fingerprint density at radius 2 is 2.06 bits per heavy atom. The topological polar surface area (TPSA) is 46.4 Å². The molecular weight excluding hydrogens is 226 g/mol. The van der Waals surface area contributed by atoms with Crippen molar-refractivity contribution < 1.29 is 4.79 Å². The van der Waals surface area contributed by atoms with Crippen LogP contribution >= 0.6 is 0 Å². The van der Waals surface area contributed by atoms with E-state index in [0.29, 0.717) is 0 Å². The molecule has 0 aliphatic carbocycles. The van der Waals surface area contributed by atoms with Gasteiger partial charge in [0.1, 0.15) is 5.84 Å². The lowest BCUT2D eigenvalue weighted by atomic mass is 10.0. The molecule has 2 aromatic rings.